The Hall–Kier alpha value is -3.35. The van der Waals surface area contributed by atoms with E-state index in [9.17, 15) is 14.1 Å². The molecule has 7 heteroatoms. The minimum Gasteiger partial charge on any atom is -0.305 e. The molecule has 166 valence electrons. The van der Waals surface area contributed by atoms with Crippen molar-refractivity contribution in [3.63, 3.8) is 0 Å². The van der Waals surface area contributed by atoms with Crippen molar-refractivity contribution in [2.75, 3.05) is 5.32 Å². The van der Waals surface area contributed by atoms with Crippen LogP contribution in [0.3, 0.4) is 0 Å². The fraction of sp³-hybridized carbons (Fsp3) is 0.360. The lowest BCUT2D eigenvalue weighted by molar-refractivity contribution is -0.589. The summed E-state index contributed by atoms with van der Waals surface area (Å²) in [6, 6.07) is 12.7. The average Bonchev–Trinajstić information content (AvgIpc) is 3.04. The molecule has 1 aliphatic rings. The second-order valence-electron chi connectivity index (χ2n) is 9.46. The van der Waals surface area contributed by atoms with Gasteiger partial charge in [-0.2, -0.15) is 5.10 Å². The van der Waals surface area contributed by atoms with Crippen molar-refractivity contribution >= 4 is 11.7 Å². The van der Waals surface area contributed by atoms with E-state index in [1.807, 2.05) is 58.9 Å². The van der Waals surface area contributed by atoms with Crippen LogP contribution in [-0.2, 0) is 16.9 Å². The minimum atomic E-state index is -1.01. The first-order valence-corrected chi connectivity index (χ1v) is 10.7. The SMILES string of the molecule is Cc1cccc(C[N+](=O)[C@H]2C(=O)Nc3c(c(C)nn3C(C)(C)C)[C@@H]2c2ccc(F)cc2)c1. The monoisotopic (exact) mass is 435 g/mol. The quantitative estimate of drug-likeness (QED) is 0.597. The van der Waals surface area contributed by atoms with E-state index in [4.69, 9.17) is 0 Å². The highest BCUT2D eigenvalue weighted by atomic mass is 19.1. The van der Waals surface area contributed by atoms with Crippen molar-refractivity contribution in [2.24, 2.45) is 0 Å². The van der Waals surface area contributed by atoms with Crippen molar-refractivity contribution < 1.29 is 13.9 Å². The van der Waals surface area contributed by atoms with Crippen molar-refractivity contribution in [2.45, 2.75) is 58.7 Å². The lowest BCUT2D eigenvalue weighted by Gasteiger charge is -2.29. The van der Waals surface area contributed by atoms with Gasteiger partial charge >= 0.3 is 0 Å². The normalized spacial score (nSPS) is 18.2. The molecule has 0 aliphatic carbocycles. The molecule has 3 aromatic rings. The number of anilines is 1. The topological polar surface area (TPSA) is 67.0 Å². The predicted molar refractivity (Wildman–Crippen MR) is 121 cm³/mol. The second-order valence-corrected chi connectivity index (χ2v) is 9.46. The third-order valence-corrected chi connectivity index (χ3v) is 5.84. The zero-order valence-electron chi connectivity index (χ0n) is 19.0. The molecule has 2 atom stereocenters. The molecule has 1 amide bonds. The number of carbonyl (C=O) groups is 1. The number of aryl methyl sites for hydroxylation is 2. The summed E-state index contributed by atoms with van der Waals surface area (Å²) in [6.07, 6.45) is 0. The van der Waals surface area contributed by atoms with E-state index in [1.165, 1.54) is 12.1 Å². The molecule has 0 unspecified atom stereocenters. The van der Waals surface area contributed by atoms with Gasteiger partial charge in [-0.05, 0) is 58.4 Å². The van der Waals surface area contributed by atoms with Gasteiger partial charge in [0.1, 0.15) is 11.6 Å². The fourth-order valence-corrected chi connectivity index (χ4v) is 4.42. The van der Waals surface area contributed by atoms with E-state index >= 15 is 0 Å². The number of hydrogen-bond acceptors (Lipinski definition) is 3. The number of hydrogen-bond donors (Lipinski definition) is 1. The van der Waals surface area contributed by atoms with Gasteiger partial charge in [0.2, 0.25) is 6.54 Å². The molecule has 0 bridgehead atoms. The van der Waals surface area contributed by atoms with Gasteiger partial charge in [0.15, 0.2) is 0 Å². The van der Waals surface area contributed by atoms with E-state index in [1.54, 1.807) is 16.8 Å². The maximum Gasteiger partial charge on any atom is 0.299 e. The Morgan fingerprint density at radius 2 is 1.81 bits per heavy atom. The largest absolute Gasteiger partial charge is 0.305 e. The third kappa shape index (κ3) is 3.95. The zero-order chi connectivity index (χ0) is 23.2. The Morgan fingerprint density at radius 1 is 1.12 bits per heavy atom. The van der Waals surface area contributed by atoms with Crippen LogP contribution in [0.5, 0.6) is 0 Å². The number of fused-ring (bicyclic) bond motifs is 1. The lowest BCUT2D eigenvalue weighted by Crippen LogP contribution is -2.46. The van der Waals surface area contributed by atoms with Gasteiger partial charge in [-0.15, -0.1) is 0 Å². The summed E-state index contributed by atoms with van der Waals surface area (Å²) >= 11 is 0. The smallest absolute Gasteiger partial charge is 0.299 e. The molecule has 4 rings (SSSR count). The molecular formula is C25H28FN4O2+. The van der Waals surface area contributed by atoms with Gasteiger partial charge in [0.05, 0.1) is 17.2 Å². The van der Waals surface area contributed by atoms with Gasteiger partial charge in [-0.1, -0.05) is 35.9 Å². The number of rotatable bonds is 4. The van der Waals surface area contributed by atoms with E-state index in [2.05, 4.69) is 10.4 Å². The van der Waals surface area contributed by atoms with Crippen molar-refractivity contribution in [3.8, 4) is 0 Å². The van der Waals surface area contributed by atoms with Crippen LogP contribution in [0.15, 0.2) is 48.5 Å². The molecule has 32 heavy (non-hydrogen) atoms. The first kappa shape index (κ1) is 21.9. The van der Waals surface area contributed by atoms with Crippen LogP contribution in [0.25, 0.3) is 0 Å². The molecular weight excluding hydrogens is 407 g/mol. The number of carbonyl (C=O) groups excluding carboxylic acids is 1. The van der Waals surface area contributed by atoms with Crippen LogP contribution in [0, 0.1) is 24.6 Å². The molecule has 2 aromatic carbocycles. The summed E-state index contributed by atoms with van der Waals surface area (Å²) in [5.74, 6) is -0.737. The third-order valence-electron chi connectivity index (χ3n) is 5.84. The zero-order valence-corrected chi connectivity index (χ0v) is 19.0. The van der Waals surface area contributed by atoms with Crippen LogP contribution >= 0.6 is 0 Å². The first-order chi connectivity index (χ1) is 15.1. The predicted octanol–water partition coefficient (Wildman–Crippen LogP) is 4.83. The highest BCUT2D eigenvalue weighted by Crippen LogP contribution is 2.42. The van der Waals surface area contributed by atoms with E-state index in [-0.39, 0.29) is 23.8 Å². The summed E-state index contributed by atoms with van der Waals surface area (Å²) in [5.41, 5.74) is 3.74. The van der Waals surface area contributed by atoms with Gasteiger partial charge in [0.25, 0.3) is 11.9 Å². The van der Waals surface area contributed by atoms with Crippen LogP contribution in [-0.4, -0.2) is 26.5 Å². The number of benzene rings is 2. The standard InChI is InChI=1S/C25H27FN4O2/c1-15-7-6-8-17(13-15)14-29(32)22-21(18-9-11-19(26)12-10-18)20-16(2)28-30(25(3,4)5)23(20)27-24(22)31/h6-13,21-22H,14H2,1-5H3/p+1/t21-,22+/m0/s1. The number of halogens is 1. The molecule has 1 aliphatic heterocycles. The van der Waals surface area contributed by atoms with Gasteiger partial charge in [-0.3, -0.25) is 4.79 Å². The number of nitroso groups, excluding NO2 is 1. The lowest BCUT2D eigenvalue weighted by atomic mass is 9.81. The molecule has 1 aromatic heterocycles. The highest BCUT2D eigenvalue weighted by Gasteiger charge is 2.50. The van der Waals surface area contributed by atoms with Crippen LogP contribution in [0.4, 0.5) is 10.2 Å². The van der Waals surface area contributed by atoms with Gasteiger partial charge < -0.3 is 5.32 Å². The Morgan fingerprint density at radius 3 is 2.44 bits per heavy atom. The summed E-state index contributed by atoms with van der Waals surface area (Å²) in [5, 5.41) is 7.63. The number of amides is 1. The highest BCUT2D eigenvalue weighted by molar-refractivity contribution is 5.98. The van der Waals surface area contributed by atoms with Crippen LogP contribution < -0.4 is 5.32 Å². The van der Waals surface area contributed by atoms with Gasteiger partial charge in [0, 0.05) is 20.8 Å². The summed E-state index contributed by atoms with van der Waals surface area (Å²) in [7, 11) is 0. The molecule has 0 saturated carbocycles. The second kappa shape index (κ2) is 7.97. The Balaban J connectivity index is 1.84. The maximum absolute atomic E-state index is 13.7. The molecule has 0 saturated heterocycles. The summed E-state index contributed by atoms with van der Waals surface area (Å²) < 4.78 is 16.3. The van der Waals surface area contributed by atoms with Crippen LogP contribution in [0.2, 0.25) is 0 Å². The van der Waals surface area contributed by atoms with Crippen molar-refractivity contribution in [1.82, 2.24) is 9.78 Å². The summed E-state index contributed by atoms with van der Waals surface area (Å²) in [4.78, 5) is 26.7. The van der Waals surface area contributed by atoms with Gasteiger partial charge in [-0.25, -0.2) is 9.07 Å². The Bertz CT molecular complexity index is 1190. The molecule has 0 fully saturated rings. The number of nitrogens with zero attached hydrogens (tertiary/aromatic N) is 3. The van der Waals surface area contributed by atoms with Crippen LogP contribution in [0.1, 0.15) is 54.6 Å². The van der Waals surface area contributed by atoms with E-state index in [0.717, 1.165) is 27.1 Å². The Kier molecular flexibility index (Phi) is 5.44. The maximum atomic E-state index is 13.7. The summed E-state index contributed by atoms with van der Waals surface area (Å²) in [6.45, 7) is 9.92. The first-order valence-electron chi connectivity index (χ1n) is 10.7. The molecule has 1 N–H and O–H groups in total. The number of aromatic nitrogens is 2. The molecule has 0 radical (unpaired) electrons. The molecule has 2 heterocycles. The number of nitrogens with one attached hydrogen (secondary N) is 1. The average molecular weight is 436 g/mol. The fourth-order valence-electron chi connectivity index (χ4n) is 4.42. The molecule has 0 spiro atoms. The van der Waals surface area contributed by atoms with E-state index < -0.39 is 12.0 Å². The van der Waals surface area contributed by atoms with Crippen molar-refractivity contribution in [3.05, 3.63) is 87.2 Å². The minimum absolute atomic E-state index is 0.0687. The molecule has 6 nitrogen and oxygen atoms in total. The van der Waals surface area contributed by atoms with Crippen molar-refractivity contribution in [1.29, 1.82) is 0 Å². The Labute approximate surface area is 187 Å². The van der Waals surface area contributed by atoms with E-state index in [0.29, 0.717) is 11.4 Å².